The van der Waals surface area contributed by atoms with Crippen LogP contribution in [0.5, 0.6) is 23.0 Å². The van der Waals surface area contributed by atoms with Crippen LogP contribution >= 0.6 is 0 Å². The first-order chi connectivity index (χ1) is 26.5. The van der Waals surface area contributed by atoms with Crippen LogP contribution in [-0.4, -0.2) is 62.6 Å². The van der Waals surface area contributed by atoms with Gasteiger partial charge in [-0.25, -0.2) is 28.8 Å². The van der Waals surface area contributed by atoms with E-state index in [1.807, 2.05) is 0 Å². The smallest absolute Gasteiger partial charge is 0.459 e. The van der Waals surface area contributed by atoms with Crippen LogP contribution in [0.15, 0.2) is 116 Å². The monoisotopic (exact) mass is 748 g/mol. The molecule has 0 spiro atoms. The molecule has 0 N–H and O–H groups in total. The van der Waals surface area contributed by atoms with E-state index >= 15 is 0 Å². The molecule has 0 heterocycles. The second kappa shape index (κ2) is 18.3. The average Bonchev–Trinajstić information content (AvgIpc) is 3.18. The van der Waals surface area contributed by atoms with Gasteiger partial charge in [0.1, 0.15) is 49.4 Å². The molecule has 0 saturated heterocycles. The van der Waals surface area contributed by atoms with Gasteiger partial charge in [0.2, 0.25) is 0 Å². The lowest BCUT2D eigenvalue weighted by Gasteiger charge is -2.11. The van der Waals surface area contributed by atoms with E-state index in [0.29, 0.717) is 27.1 Å². The van der Waals surface area contributed by atoms with Crippen LogP contribution in [0.2, 0.25) is 0 Å². The van der Waals surface area contributed by atoms with Gasteiger partial charge in [-0.15, -0.1) is 0 Å². The minimum Gasteiger partial charge on any atom is -0.459 e. The molecule has 0 aliphatic rings. The Balaban J connectivity index is 1.13. The molecule has 5 rings (SSSR count). The molecule has 5 aromatic rings. The predicted molar refractivity (Wildman–Crippen MR) is 195 cm³/mol. The van der Waals surface area contributed by atoms with Gasteiger partial charge in [-0.3, -0.25) is 0 Å². The number of hydrogen-bond donors (Lipinski definition) is 0. The SMILES string of the molecule is C=CC(=O)OCCOC(=O)Oc1ccc2cc(C(=O)Oc3ccc(OC(=O)c4ccc5cc(OC(=O)OCCOC(=O)C=C)ccc5c4)c(C)c3)ccc2c1. The third-order valence-corrected chi connectivity index (χ3v) is 7.49. The summed E-state index contributed by atoms with van der Waals surface area (Å²) in [5, 5.41) is 2.70. The average molecular weight is 749 g/mol. The van der Waals surface area contributed by atoms with Crippen molar-refractivity contribution in [2.75, 3.05) is 26.4 Å². The lowest BCUT2D eigenvalue weighted by atomic mass is 10.1. The van der Waals surface area contributed by atoms with E-state index in [1.54, 1.807) is 73.7 Å². The Morgan fingerprint density at radius 2 is 0.873 bits per heavy atom. The van der Waals surface area contributed by atoms with E-state index < -0.39 is 36.2 Å². The van der Waals surface area contributed by atoms with Gasteiger partial charge in [0.05, 0.1) is 11.1 Å². The molecule has 0 amide bonds. The molecule has 280 valence electrons. The lowest BCUT2D eigenvalue weighted by Crippen LogP contribution is -2.15. The van der Waals surface area contributed by atoms with E-state index in [4.69, 9.17) is 37.9 Å². The molecule has 0 fully saturated rings. The highest BCUT2D eigenvalue weighted by Crippen LogP contribution is 2.28. The number of hydrogen-bond acceptors (Lipinski definition) is 14. The maximum Gasteiger partial charge on any atom is 0.513 e. The Bertz CT molecular complexity index is 2310. The first-order valence-corrected chi connectivity index (χ1v) is 16.4. The van der Waals surface area contributed by atoms with E-state index in [9.17, 15) is 28.8 Å². The third-order valence-electron chi connectivity index (χ3n) is 7.49. The fraction of sp³-hybridized carbons (Fsp3) is 0.122. The van der Waals surface area contributed by atoms with Crippen molar-refractivity contribution in [1.82, 2.24) is 0 Å². The van der Waals surface area contributed by atoms with Crippen LogP contribution in [0, 0.1) is 6.92 Å². The van der Waals surface area contributed by atoms with E-state index in [0.717, 1.165) is 12.2 Å². The molecule has 14 nitrogen and oxygen atoms in total. The van der Waals surface area contributed by atoms with Crippen molar-refractivity contribution in [3.63, 3.8) is 0 Å². The summed E-state index contributed by atoms with van der Waals surface area (Å²) in [6.45, 7) is 7.56. The second-order valence-electron chi connectivity index (χ2n) is 11.3. The largest absolute Gasteiger partial charge is 0.513 e. The molecule has 0 aromatic heterocycles. The van der Waals surface area contributed by atoms with Crippen molar-refractivity contribution >= 4 is 57.7 Å². The number of carbonyl (C=O) groups is 6. The van der Waals surface area contributed by atoms with Gasteiger partial charge in [0.15, 0.2) is 0 Å². The van der Waals surface area contributed by atoms with Crippen molar-refractivity contribution in [2.24, 2.45) is 0 Å². The van der Waals surface area contributed by atoms with Crippen LogP contribution < -0.4 is 18.9 Å². The fourth-order valence-corrected chi connectivity index (χ4v) is 4.86. The highest BCUT2D eigenvalue weighted by Gasteiger charge is 2.16. The van der Waals surface area contributed by atoms with Crippen LogP contribution in [-0.2, 0) is 28.5 Å². The summed E-state index contributed by atoms with van der Waals surface area (Å²) >= 11 is 0. The zero-order valence-corrected chi connectivity index (χ0v) is 29.3. The minimum absolute atomic E-state index is 0.146. The molecular weight excluding hydrogens is 716 g/mol. The van der Waals surface area contributed by atoms with Crippen molar-refractivity contribution in [3.8, 4) is 23.0 Å². The molecule has 0 aliphatic carbocycles. The summed E-state index contributed by atoms with van der Waals surface area (Å²) in [5.74, 6) is -1.62. The molecule has 0 radical (unpaired) electrons. The number of esters is 4. The summed E-state index contributed by atoms with van der Waals surface area (Å²) in [6, 6.07) is 23.8. The maximum atomic E-state index is 13.0. The van der Waals surface area contributed by atoms with E-state index in [1.165, 1.54) is 24.3 Å². The van der Waals surface area contributed by atoms with Gasteiger partial charge in [-0.05, 0) is 101 Å². The van der Waals surface area contributed by atoms with E-state index in [-0.39, 0.29) is 60.6 Å². The fourth-order valence-electron chi connectivity index (χ4n) is 4.86. The molecule has 0 aliphatic heterocycles. The van der Waals surface area contributed by atoms with Gasteiger partial charge in [0, 0.05) is 12.2 Å². The molecule has 0 bridgehead atoms. The molecule has 0 unspecified atom stereocenters. The standard InChI is InChI=1S/C41H32O14/c1-4-36(42)48-16-18-50-40(46)53-33-12-10-26-21-30(8-6-28(26)23-33)38(44)52-32-14-15-35(25(3)20-32)55-39(45)31-9-7-29-24-34(13-11-27(29)22-31)54-41(47)51-19-17-49-37(43)5-2/h4-15,20-24H,1-2,16-19H2,3H3. The summed E-state index contributed by atoms with van der Waals surface area (Å²) in [4.78, 5) is 72.0. The summed E-state index contributed by atoms with van der Waals surface area (Å²) in [5.41, 5.74) is 1.07. The topological polar surface area (TPSA) is 176 Å². The Labute approximate surface area is 313 Å². The summed E-state index contributed by atoms with van der Waals surface area (Å²) in [7, 11) is 0. The normalized spacial score (nSPS) is 10.4. The molecule has 55 heavy (non-hydrogen) atoms. The summed E-state index contributed by atoms with van der Waals surface area (Å²) < 4.78 is 40.7. The van der Waals surface area contributed by atoms with Gasteiger partial charge >= 0.3 is 36.2 Å². The molecule has 0 saturated carbocycles. The molecule has 14 heteroatoms. The van der Waals surface area contributed by atoms with Gasteiger partial charge in [-0.2, -0.15) is 0 Å². The summed E-state index contributed by atoms with van der Waals surface area (Å²) in [6.07, 6.45) is 0.0291. The number of carbonyl (C=O) groups excluding carboxylic acids is 6. The van der Waals surface area contributed by atoms with Gasteiger partial charge in [-0.1, -0.05) is 37.4 Å². The van der Waals surface area contributed by atoms with Gasteiger partial charge < -0.3 is 37.9 Å². The second-order valence-corrected chi connectivity index (χ2v) is 11.3. The van der Waals surface area contributed by atoms with Crippen LogP contribution in [0.4, 0.5) is 9.59 Å². The molecule has 5 aromatic carbocycles. The maximum absolute atomic E-state index is 13.0. The van der Waals surface area contributed by atoms with Crippen molar-refractivity contribution in [3.05, 3.63) is 133 Å². The number of rotatable bonds is 14. The van der Waals surface area contributed by atoms with Crippen molar-refractivity contribution in [1.29, 1.82) is 0 Å². The van der Waals surface area contributed by atoms with Crippen LogP contribution in [0.25, 0.3) is 21.5 Å². The molecular formula is C41H32O14. The lowest BCUT2D eigenvalue weighted by molar-refractivity contribution is -0.139. The Hall–Kier alpha value is -7.48. The number of aryl methyl sites for hydroxylation is 1. The Morgan fingerprint density at radius 1 is 0.473 bits per heavy atom. The van der Waals surface area contributed by atoms with E-state index in [2.05, 4.69) is 13.2 Å². The first kappa shape index (κ1) is 38.7. The zero-order chi connectivity index (χ0) is 39.3. The Kier molecular flexibility index (Phi) is 12.9. The van der Waals surface area contributed by atoms with Crippen molar-refractivity contribution in [2.45, 2.75) is 6.92 Å². The van der Waals surface area contributed by atoms with Gasteiger partial charge in [0.25, 0.3) is 0 Å². The first-order valence-electron chi connectivity index (χ1n) is 16.4. The quantitative estimate of drug-likeness (QED) is 0.0277. The highest BCUT2D eigenvalue weighted by molar-refractivity contribution is 5.98. The third kappa shape index (κ3) is 11.0. The number of ether oxygens (including phenoxy) is 8. The van der Waals surface area contributed by atoms with Crippen molar-refractivity contribution < 1.29 is 66.7 Å². The predicted octanol–water partition coefficient (Wildman–Crippen LogP) is 7.23. The number of benzene rings is 5. The van der Waals surface area contributed by atoms with Crippen LogP contribution in [0.3, 0.4) is 0 Å². The molecule has 0 atom stereocenters. The Morgan fingerprint density at radius 3 is 1.35 bits per heavy atom. The highest BCUT2D eigenvalue weighted by atomic mass is 16.7. The van der Waals surface area contributed by atoms with Crippen LogP contribution in [0.1, 0.15) is 26.3 Å². The number of fused-ring (bicyclic) bond motifs is 2. The minimum atomic E-state index is -0.978. The zero-order valence-electron chi connectivity index (χ0n) is 29.3.